The number of likely N-dealkylation sites (N-methyl/N-ethyl adjacent to an activating group) is 4. The Morgan fingerprint density at radius 3 is 1.06 bits per heavy atom. The lowest BCUT2D eigenvalue weighted by molar-refractivity contribution is -0.914. The fourth-order valence-electron chi connectivity index (χ4n) is 4.45. The summed E-state index contributed by atoms with van der Waals surface area (Å²) in [5.74, 6) is 0. The van der Waals surface area contributed by atoms with Crippen molar-refractivity contribution < 1.29 is 75.4 Å². The summed E-state index contributed by atoms with van der Waals surface area (Å²) in [5, 5.41) is 0. The Bertz CT molecular complexity index is 440. The van der Waals surface area contributed by atoms with Gasteiger partial charge >= 0.3 is 0 Å². The highest BCUT2D eigenvalue weighted by Gasteiger charge is 2.25. The lowest BCUT2D eigenvalue weighted by atomic mass is 10.1. The molecule has 2 aliphatic rings. The predicted octanol–water partition coefficient (Wildman–Crippen LogP) is -3.31. The van der Waals surface area contributed by atoms with Gasteiger partial charge in [-0.3, -0.25) is 0 Å². The van der Waals surface area contributed by atoms with Crippen LogP contribution < -0.4 is 48.0 Å². The number of ether oxygens (including phenoxy) is 2. The molecule has 0 aromatic heterocycles. The van der Waals surface area contributed by atoms with Gasteiger partial charge in [-0.1, -0.05) is 0 Å². The van der Waals surface area contributed by atoms with E-state index in [1.165, 1.54) is 86.8 Å². The summed E-state index contributed by atoms with van der Waals surface area (Å²) in [5.41, 5.74) is 0. The van der Waals surface area contributed by atoms with Gasteiger partial charge in [-0.15, -0.1) is 0 Å². The first-order chi connectivity index (χ1) is 14.8. The molecule has 34 heavy (non-hydrogen) atoms. The smallest absolute Gasteiger partial charge is 0.102 e. The number of likely N-dealkylation sites (tertiary alicyclic amines) is 2. The number of rotatable bonds is 12. The Morgan fingerprint density at radius 2 is 0.794 bits per heavy atom. The zero-order valence-corrected chi connectivity index (χ0v) is 28.4. The normalized spacial score (nSPS) is 19.8. The largest absolute Gasteiger partial charge is 1.00 e. The van der Waals surface area contributed by atoms with Gasteiger partial charge in [0.2, 0.25) is 0 Å². The Morgan fingerprint density at radius 1 is 0.500 bits per heavy atom. The molecule has 8 heteroatoms. The van der Waals surface area contributed by atoms with Gasteiger partial charge in [0.05, 0.1) is 109 Å². The zero-order chi connectivity index (χ0) is 24.1. The van der Waals surface area contributed by atoms with E-state index < -0.39 is 0 Å². The van der Waals surface area contributed by atoms with Gasteiger partial charge < -0.3 is 75.4 Å². The number of halogens is 2. The second kappa shape index (κ2) is 18.5. The molecule has 0 unspecified atom stereocenters. The van der Waals surface area contributed by atoms with Crippen LogP contribution in [0.3, 0.4) is 0 Å². The Kier molecular flexibility index (Phi) is 20.3. The van der Waals surface area contributed by atoms with Crippen LogP contribution in [0.5, 0.6) is 0 Å². The average Bonchev–Trinajstić information content (AvgIpc) is 2.67. The molecular weight excluding hydrogens is 654 g/mol. The van der Waals surface area contributed by atoms with Crippen LogP contribution in [0, 0.1) is 0 Å². The van der Waals surface area contributed by atoms with Crippen LogP contribution in [0.15, 0.2) is 0 Å². The molecule has 6 nitrogen and oxygen atoms in total. The van der Waals surface area contributed by atoms with Gasteiger partial charge in [0, 0.05) is 0 Å². The van der Waals surface area contributed by atoms with E-state index >= 15 is 0 Å². The van der Waals surface area contributed by atoms with Crippen molar-refractivity contribution in [3.8, 4) is 0 Å². The number of piperidine rings is 2. The van der Waals surface area contributed by atoms with Gasteiger partial charge in [-0.2, -0.15) is 0 Å². The van der Waals surface area contributed by atoms with Crippen LogP contribution in [0.2, 0.25) is 0 Å². The van der Waals surface area contributed by atoms with E-state index in [4.69, 9.17) is 9.47 Å². The summed E-state index contributed by atoms with van der Waals surface area (Å²) in [6, 6.07) is 0. The average molecular weight is 715 g/mol. The highest BCUT2D eigenvalue weighted by atomic mass is 127. The van der Waals surface area contributed by atoms with E-state index in [1.54, 1.807) is 0 Å². The monoisotopic (exact) mass is 714 g/mol. The van der Waals surface area contributed by atoms with Crippen molar-refractivity contribution in [2.75, 3.05) is 135 Å². The molecule has 0 saturated carbocycles. The maximum Gasteiger partial charge on any atom is 0.102 e. The summed E-state index contributed by atoms with van der Waals surface area (Å²) in [4.78, 5) is 0. The molecule has 0 aromatic rings. The molecule has 0 N–H and O–H groups in total. The second-order valence-corrected chi connectivity index (χ2v) is 13.0. The third-order valence-corrected chi connectivity index (χ3v) is 7.16. The van der Waals surface area contributed by atoms with E-state index in [-0.39, 0.29) is 48.0 Å². The molecule has 0 atom stereocenters. The molecule has 2 heterocycles. The van der Waals surface area contributed by atoms with Crippen molar-refractivity contribution in [1.82, 2.24) is 0 Å². The van der Waals surface area contributed by atoms with Gasteiger partial charge in [-0.05, 0) is 38.5 Å². The van der Waals surface area contributed by atoms with Crippen LogP contribution in [-0.2, 0) is 9.47 Å². The minimum atomic E-state index is 0. The minimum absolute atomic E-state index is 0. The number of hydrogen-bond donors (Lipinski definition) is 0. The van der Waals surface area contributed by atoms with E-state index in [0.29, 0.717) is 0 Å². The number of quaternary nitrogens is 4. The van der Waals surface area contributed by atoms with Crippen molar-refractivity contribution in [2.45, 2.75) is 38.5 Å². The maximum atomic E-state index is 5.75. The molecule has 0 amide bonds. The highest BCUT2D eigenvalue weighted by molar-refractivity contribution is 4.52. The fraction of sp³-hybridized carbons (Fsp3) is 1.00. The van der Waals surface area contributed by atoms with Crippen molar-refractivity contribution in [2.24, 2.45) is 0 Å². The van der Waals surface area contributed by atoms with Crippen molar-refractivity contribution in [3.63, 3.8) is 0 Å². The van der Waals surface area contributed by atoms with Crippen molar-refractivity contribution >= 4 is 0 Å². The molecule has 2 saturated heterocycles. The zero-order valence-electron chi connectivity index (χ0n) is 24.1. The van der Waals surface area contributed by atoms with Crippen molar-refractivity contribution in [1.29, 1.82) is 0 Å². The number of hydrogen-bond acceptors (Lipinski definition) is 2. The molecule has 0 radical (unpaired) electrons. The topological polar surface area (TPSA) is 18.5 Å². The second-order valence-electron chi connectivity index (χ2n) is 13.0. The Labute approximate surface area is 247 Å². The maximum absolute atomic E-state index is 5.75. The molecule has 2 fully saturated rings. The van der Waals surface area contributed by atoms with Crippen LogP contribution >= 0.6 is 0 Å². The van der Waals surface area contributed by atoms with Crippen LogP contribution in [0.4, 0.5) is 0 Å². The standard InChI is InChI=1S/2C13H30N2O.2HI/c2*1-14(2,3)10-12-16-13-11-15(4)8-6-5-7-9-15;;/h2*5-13H2,1-4H3;2*1H/q2*+2;;/p-2. The lowest BCUT2D eigenvalue weighted by Crippen LogP contribution is -3.00. The minimum Gasteiger partial charge on any atom is -1.00 e. The molecule has 208 valence electrons. The Hall–Kier alpha value is 1.22. The SMILES string of the molecule is C[N+](C)(C)CCOCC[N+]1(C)CCCCC1.C[N+](C)(C)CCOCC[N+]1(C)CCCCC1.[I-].[I-]. The van der Waals surface area contributed by atoms with E-state index in [9.17, 15) is 0 Å². The highest BCUT2D eigenvalue weighted by Crippen LogP contribution is 2.16. The van der Waals surface area contributed by atoms with Crippen molar-refractivity contribution in [3.05, 3.63) is 0 Å². The summed E-state index contributed by atoms with van der Waals surface area (Å²) in [6.07, 6.45) is 8.45. The molecule has 0 aliphatic carbocycles. The fourth-order valence-corrected chi connectivity index (χ4v) is 4.45. The first kappa shape index (κ1) is 37.4. The third kappa shape index (κ3) is 20.3. The lowest BCUT2D eigenvalue weighted by Gasteiger charge is -2.37. The molecule has 0 bridgehead atoms. The molecule has 0 aromatic carbocycles. The van der Waals surface area contributed by atoms with Gasteiger partial charge in [-0.25, -0.2) is 0 Å². The summed E-state index contributed by atoms with van der Waals surface area (Å²) < 4.78 is 15.9. The summed E-state index contributed by atoms with van der Waals surface area (Å²) in [7, 11) is 18.0. The quantitative estimate of drug-likeness (QED) is 0.120. The first-order valence-electron chi connectivity index (χ1n) is 13.3. The molecular formula is C26H60I2N4O2+2. The van der Waals surface area contributed by atoms with E-state index in [0.717, 1.165) is 48.5 Å². The van der Waals surface area contributed by atoms with E-state index in [2.05, 4.69) is 56.4 Å². The molecule has 2 rings (SSSR count). The Balaban J connectivity index is 0. The first-order valence-corrected chi connectivity index (χ1v) is 13.3. The van der Waals surface area contributed by atoms with Gasteiger partial charge in [0.25, 0.3) is 0 Å². The van der Waals surface area contributed by atoms with E-state index in [1.807, 2.05) is 0 Å². The molecule has 2 aliphatic heterocycles. The predicted molar refractivity (Wildman–Crippen MR) is 137 cm³/mol. The van der Waals surface area contributed by atoms with Crippen LogP contribution in [-0.4, -0.2) is 153 Å². The van der Waals surface area contributed by atoms with Crippen LogP contribution in [0.25, 0.3) is 0 Å². The van der Waals surface area contributed by atoms with Gasteiger partial charge in [0.15, 0.2) is 0 Å². The third-order valence-electron chi connectivity index (χ3n) is 7.16. The summed E-state index contributed by atoms with van der Waals surface area (Å²) in [6.45, 7) is 13.6. The molecule has 0 spiro atoms. The number of nitrogens with zero attached hydrogens (tertiary/aromatic N) is 4. The van der Waals surface area contributed by atoms with Gasteiger partial charge in [0.1, 0.15) is 26.2 Å². The summed E-state index contributed by atoms with van der Waals surface area (Å²) >= 11 is 0. The van der Waals surface area contributed by atoms with Crippen LogP contribution in [0.1, 0.15) is 38.5 Å².